The smallest absolute Gasteiger partial charge is 0.251 e. The molecule has 0 spiro atoms. The van der Waals surface area contributed by atoms with Gasteiger partial charge in [-0.05, 0) is 43.7 Å². The van der Waals surface area contributed by atoms with Crippen LogP contribution in [0.5, 0.6) is 0 Å². The van der Waals surface area contributed by atoms with Crippen molar-refractivity contribution in [2.45, 2.75) is 25.8 Å². The fourth-order valence-corrected chi connectivity index (χ4v) is 4.34. The van der Waals surface area contributed by atoms with Gasteiger partial charge in [-0.1, -0.05) is 45.8 Å². The fourth-order valence-electron chi connectivity index (χ4n) is 3.93. The van der Waals surface area contributed by atoms with E-state index in [0.717, 1.165) is 26.9 Å². The number of carbonyl (C=O) groups is 2. The molecule has 0 saturated carbocycles. The van der Waals surface area contributed by atoms with Gasteiger partial charge < -0.3 is 10.6 Å². The van der Waals surface area contributed by atoms with Gasteiger partial charge in [0.1, 0.15) is 11.9 Å². The number of nitrogens with zero attached hydrogens (tertiary/aromatic N) is 2. The summed E-state index contributed by atoms with van der Waals surface area (Å²) >= 11 is 3.51. The summed E-state index contributed by atoms with van der Waals surface area (Å²) in [6, 6.07) is 14.4. The van der Waals surface area contributed by atoms with Crippen LogP contribution in [-0.2, 0) is 11.8 Å². The van der Waals surface area contributed by atoms with Gasteiger partial charge in [-0.2, -0.15) is 5.10 Å². The summed E-state index contributed by atoms with van der Waals surface area (Å²) in [6.07, 6.45) is 0. The number of benzene rings is 2. The Hall–Kier alpha value is -2.93. The van der Waals surface area contributed by atoms with E-state index < -0.39 is 6.04 Å². The molecule has 0 saturated heterocycles. The highest BCUT2D eigenvalue weighted by atomic mass is 79.9. The molecule has 7 heteroatoms. The van der Waals surface area contributed by atoms with Gasteiger partial charge in [-0.25, -0.2) is 0 Å². The average molecular weight is 453 g/mol. The highest BCUT2D eigenvalue weighted by molar-refractivity contribution is 9.10. The molecule has 1 aromatic heterocycles. The Balaban J connectivity index is 1.79. The molecule has 2 N–H and O–H groups in total. The van der Waals surface area contributed by atoms with Crippen LogP contribution >= 0.6 is 15.9 Å². The van der Waals surface area contributed by atoms with Crippen LogP contribution in [-0.4, -0.2) is 27.6 Å². The number of amides is 2. The minimum Gasteiger partial charge on any atom is -0.339 e. The number of hydrogen-bond donors (Lipinski definition) is 2. The van der Waals surface area contributed by atoms with Crippen molar-refractivity contribution in [3.63, 3.8) is 0 Å². The zero-order valence-corrected chi connectivity index (χ0v) is 17.9. The van der Waals surface area contributed by atoms with Gasteiger partial charge in [-0.3, -0.25) is 14.3 Å². The maximum atomic E-state index is 13.0. The van der Waals surface area contributed by atoms with Crippen LogP contribution in [0.4, 0.5) is 5.82 Å². The van der Waals surface area contributed by atoms with Crippen molar-refractivity contribution in [2.75, 3.05) is 5.32 Å². The minimum atomic E-state index is -0.757. The summed E-state index contributed by atoms with van der Waals surface area (Å²) in [4.78, 5) is 26.0. The van der Waals surface area contributed by atoms with E-state index in [1.807, 2.05) is 56.3 Å². The fraction of sp³-hybridized carbons (Fsp3) is 0.227. The molecule has 29 heavy (non-hydrogen) atoms. The number of anilines is 1. The highest BCUT2D eigenvalue weighted by Crippen LogP contribution is 2.39. The van der Waals surface area contributed by atoms with Gasteiger partial charge in [0.25, 0.3) is 5.91 Å². The van der Waals surface area contributed by atoms with E-state index in [9.17, 15) is 9.59 Å². The number of carbonyl (C=O) groups excluding carboxylic acids is 2. The van der Waals surface area contributed by atoms with Crippen LogP contribution in [0.15, 0.2) is 53.0 Å². The molecule has 2 amide bonds. The standard InChI is InChI=1S/C22H21BrN4O2/c1-12-6-4-8-15(10-12)21(28)24-19-18(14-7-5-9-16(23)11-14)17-13(2)26-27(3)20(17)25-22(19)29/h4-11,18-19H,1-3H3,(H,24,28)(H,25,29)/t18-,19+/m0/s1. The van der Waals surface area contributed by atoms with E-state index in [1.54, 1.807) is 17.8 Å². The lowest BCUT2D eigenvalue weighted by atomic mass is 9.82. The molecule has 0 unspecified atom stereocenters. The van der Waals surface area contributed by atoms with Gasteiger partial charge in [0.15, 0.2) is 0 Å². The summed E-state index contributed by atoms with van der Waals surface area (Å²) in [6.45, 7) is 3.85. The second kappa shape index (κ2) is 7.48. The van der Waals surface area contributed by atoms with Crippen LogP contribution in [0.1, 0.15) is 38.7 Å². The van der Waals surface area contributed by atoms with Gasteiger partial charge in [0, 0.05) is 28.6 Å². The van der Waals surface area contributed by atoms with Crippen molar-refractivity contribution in [3.8, 4) is 0 Å². The number of aryl methyl sites for hydroxylation is 3. The molecule has 2 atom stereocenters. The van der Waals surface area contributed by atoms with Crippen LogP contribution in [0.25, 0.3) is 0 Å². The molecule has 0 radical (unpaired) electrons. The van der Waals surface area contributed by atoms with Crippen molar-refractivity contribution in [1.82, 2.24) is 15.1 Å². The second-order valence-corrected chi connectivity index (χ2v) is 8.23. The molecular weight excluding hydrogens is 432 g/mol. The summed E-state index contributed by atoms with van der Waals surface area (Å²) in [7, 11) is 1.80. The molecule has 2 aromatic carbocycles. The second-order valence-electron chi connectivity index (χ2n) is 7.31. The summed E-state index contributed by atoms with van der Waals surface area (Å²) in [5, 5.41) is 10.4. The number of hydrogen-bond acceptors (Lipinski definition) is 3. The van der Waals surface area contributed by atoms with E-state index in [-0.39, 0.29) is 17.7 Å². The third-order valence-electron chi connectivity index (χ3n) is 5.21. The number of aromatic nitrogens is 2. The normalized spacial score (nSPS) is 18.1. The van der Waals surface area contributed by atoms with Gasteiger partial charge in [0.05, 0.1) is 5.69 Å². The Morgan fingerprint density at radius 3 is 2.66 bits per heavy atom. The molecular formula is C22H21BrN4O2. The molecule has 3 aromatic rings. The first-order chi connectivity index (χ1) is 13.8. The quantitative estimate of drug-likeness (QED) is 0.636. The van der Waals surface area contributed by atoms with E-state index in [0.29, 0.717) is 11.4 Å². The summed E-state index contributed by atoms with van der Waals surface area (Å²) < 4.78 is 2.58. The summed E-state index contributed by atoms with van der Waals surface area (Å²) in [5.41, 5.74) is 4.18. The molecule has 2 heterocycles. The topological polar surface area (TPSA) is 76.0 Å². The van der Waals surface area contributed by atoms with E-state index >= 15 is 0 Å². The maximum absolute atomic E-state index is 13.0. The average Bonchev–Trinajstić information content (AvgIpc) is 2.95. The maximum Gasteiger partial charge on any atom is 0.251 e. The number of nitrogens with one attached hydrogen (secondary N) is 2. The molecule has 1 aliphatic heterocycles. The molecule has 0 bridgehead atoms. The molecule has 6 nitrogen and oxygen atoms in total. The van der Waals surface area contributed by atoms with Crippen LogP contribution in [0, 0.1) is 13.8 Å². The number of halogens is 1. The minimum absolute atomic E-state index is 0.258. The zero-order chi connectivity index (χ0) is 20.7. The Morgan fingerprint density at radius 2 is 1.93 bits per heavy atom. The first kappa shape index (κ1) is 19.4. The SMILES string of the molecule is Cc1cccc(C(=O)N[C@H]2C(=O)Nc3c(c(C)nn3C)[C@@H]2c2cccc(Br)c2)c1. The zero-order valence-electron chi connectivity index (χ0n) is 16.4. The number of fused-ring (bicyclic) bond motifs is 1. The third kappa shape index (κ3) is 3.58. The Morgan fingerprint density at radius 1 is 1.17 bits per heavy atom. The molecule has 0 aliphatic carbocycles. The highest BCUT2D eigenvalue weighted by Gasteiger charge is 2.41. The van der Waals surface area contributed by atoms with Crippen molar-refractivity contribution in [3.05, 3.63) is 81.0 Å². The Bertz CT molecular complexity index is 1120. The Labute approximate surface area is 177 Å². The van der Waals surface area contributed by atoms with E-state index in [4.69, 9.17) is 0 Å². The predicted octanol–water partition coefficient (Wildman–Crippen LogP) is 3.68. The van der Waals surface area contributed by atoms with Gasteiger partial charge >= 0.3 is 0 Å². The molecule has 4 rings (SSSR count). The number of rotatable bonds is 3. The van der Waals surface area contributed by atoms with Crippen molar-refractivity contribution >= 4 is 33.6 Å². The van der Waals surface area contributed by atoms with Crippen LogP contribution < -0.4 is 10.6 Å². The van der Waals surface area contributed by atoms with Crippen molar-refractivity contribution in [1.29, 1.82) is 0 Å². The Kier molecular flexibility index (Phi) is 5.00. The lowest BCUT2D eigenvalue weighted by Crippen LogP contribution is -2.50. The molecule has 1 aliphatic rings. The monoisotopic (exact) mass is 452 g/mol. The summed E-state index contributed by atoms with van der Waals surface area (Å²) in [5.74, 6) is -0.220. The molecule has 148 valence electrons. The lowest BCUT2D eigenvalue weighted by molar-refractivity contribution is -0.118. The molecule has 0 fully saturated rings. The predicted molar refractivity (Wildman–Crippen MR) is 115 cm³/mol. The first-order valence-electron chi connectivity index (χ1n) is 9.32. The van der Waals surface area contributed by atoms with Gasteiger partial charge in [-0.15, -0.1) is 0 Å². The van der Waals surface area contributed by atoms with Crippen molar-refractivity contribution in [2.24, 2.45) is 7.05 Å². The van der Waals surface area contributed by atoms with Crippen LogP contribution in [0.3, 0.4) is 0 Å². The van der Waals surface area contributed by atoms with E-state index in [1.165, 1.54) is 0 Å². The van der Waals surface area contributed by atoms with Crippen LogP contribution in [0.2, 0.25) is 0 Å². The lowest BCUT2D eigenvalue weighted by Gasteiger charge is -2.32. The van der Waals surface area contributed by atoms with Crippen molar-refractivity contribution < 1.29 is 9.59 Å². The largest absolute Gasteiger partial charge is 0.339 e. The third-order valence-corrected chi connectivity index (χ3v) is 5.70. The van der Waals surface area contributed by atoms with E-state index in [2.05, 4.69) is 31.7 Å². The first-order valence-corrected chi connectivity index (χ1v) is 10.1. The van der Waals surface area contributed by atoms with Gasteiger partial charge in [0.2, 0.25) is 5.91 Å².